The SMILES string of the molecule is Cc1cc(Cl)cc2c1OC1(C)CC2NC(=S)N1CC(C)C. The van der Waals surface area contributed by atoms with Crippen molar-refractivity contribution >= 4 is 28.9 Å². The van der Waals surface area contributed by atoms with Gasteiger partial charge in [0.05, 0.1) is 6.04 Å². The average molecular weight is 325 g/mol. The minimum atomic E-state index is -0.386. The van der Waals surface area contributed by atoms with E-state index in [2.05, 4.69) is 31.0 Å². The maximum absolute atomic E-state index is 6.40. The maximum Gasteiger partial charge on any atom is 0.184 e. The minimum absolute atomic E-state index is 0.173. The first kappa shape index (κ1) is 14.9. The molecule has 0 spiro atoms. The number of fused-ring (bicyclic) bond motifs is 4. The van der Waals surface area contributed by atoms with Crippen LogP contribution < -0.4 is 10.1 Å². The highest BCUT2D eigenvalue weighted by Crippen LogP contribution is 2.46. The molecule has 1 aromatic rings. The molecule has 1 saturated heterocycles. The molecule has 114 valence electrons. The predicted molar refractivity (Wildman–Crippen MR) is 89.9 cm³/mol. The van der Waals surface area contributed by atoms with Gasteiger partial charge < -0.3 is 15.0 Å². The Morgan fingerprint density at radius 1 is 1.52 bits per heavy atom. The summed E-state index contributed by atoms with van der Waals surface area (Å²) in [6.45, 7) is 9.45. The summed E-state index contributed by atoms with van der Waals surface area (Å²) in [6.07, 6.45) is 0.868. The van der Waals surface area contributed by atoms with E-state index < -0.39 is 0 Å². The fourth-order valence-corrected chi connectivity index (χ4v) is 3.97. The van der Waals surface area contributed by atoms with Crippen molar-refractivity contribution in [2.75, 3.05) is 6.54 Å². The van der Waals surface area contributed by atoms with E-state index >= 15 is 0 Å². The molecule has 1 aromatic carbocycles. The number of hydrogen-bond acceptors (Lipinski definition) is 2. The van der Waals surface area contributed by atoms with Crippen LogP contribution in [0.2, 0.25) is 5.02 Å². The highest BCUT2D eigenvalue weighted by molar-refractivity contribution is 7.80. The van der Waals surface area contributed by atoms with E-state index in [1.165, 1.54) is 0 Å². The lowest BCUT2D eigenvalue weighted by Crippen LogP contribution is -2.65. The molecule has 3 nitrogen and oxygen atoms in total. The van der Waals surface area contributed by atoms with Gasteiger partial charge in [0.25, 0.3) is 0 Å². The van der Waals surface area contributed by atoms with E-state index in [1.807, 2.05) is 19.1 Å². The number of hydrogen-bond donors (Lipinski definition) is 1. The Morgan fingerprint density at radius 2 is 2.24 bits per heavy atom. The summed E-state index contributed by atoms with van der Waals surface area (Å²) in [5.41, 5.74) is 1.81. The third kappa shape index (κ3) is 2.49. The summed E-state index contributed by atoms with van der Waals surface area (Å²) in [5, 5.41) is 4.97. The Morgan fingerprint density at radius 3 is 2.90 bits per heavy atom. The second-order valence-electron chi connectivity index (χ2n) is 6.63. The van der Waals surface area contributed by atoms with Gasteiger partial charge in [0.2, 0.25) is 0 Å². The molecule has 2 unspecified atom stereocenters. The highest BCUT2D eigenvalue weighted by atomic mass is 35.5. The van der Waals surface area contributed by atoms with Crippen LogP contribution in [0.15, 0.2) is 12.1 Å². The Balaban J connectivity index is 2.05. The van der Waals surface area contributed by atoms with Gasteiger partial charge in [0.1, 0.15) is 5.75 Å². The van der Waals surface area contributed by atoms with Crippen molar-refractivity contribution < 1.29 is 4.74 Å². The van der Waals surface area contributed by atoms with Gasteiger partial charge in [-0.1, -0.05) is 25.4 Å². The van der Waals surface area contributed by atoms with E-state index in [-0.39, 0.29) is 11.8 Å². The first-order valence-electron chi connectivity index (χ1n) is 7.37. The Hall–Kier alpha value is -1.00. The van der Waals surface area contributed by atoms with Gasteiger partial charge in [-0.3, -0.25) is 0 Å². The number of nitrogens with one attached hydrogen (secondary N) is 1. The van der Waals surface area contributed by atoms with Gasteiger partial charge in [0, 0.05) is 23.6 Å². The Bertz CT molecular complexity index is 604. The summed E-state index contributed by atoms with van der Waals surface area (Å²) in [7, 11) is 0. The number of benzene rings is 1. The molecule has 3 rings (SSSR count). The van der Waals surface area contributed by atoms with Gasteiger partial charge in [-0.05, 0) is 49.7 Å². The third-order valence-corrected chi connectivity index (χ3v) is 4.77. The predicted octanol–water partition coefficient (Wildman–Crippen LogP) is 4.03. The number of rotatable bonds is 2. The van der Waals surface area contributed by atoms with E-state index in [0.717, 1.165) is 40.0 Å². The molecule has 0 saturated carbocycles. The quantitative estimate of drug-likeness (QED) is 0.830. The molecule has 0 radical (unpaired) electrons. The molecule has 2 atom stereocenters. The van der Waals surface area contributed by atoms with Gasteiger partial charge in [-0.15, -0.1) is 0 Å². The number of aryl methyl sites for hydroxylation is 1. The van der Waals surface area contributed by atoms with Crippen LogP contribution in [0.3, 0.4) is 0 Å². The molecule has 2 bridgehead atoms. The fourth-order valence-electron chi connectivity index (χ4n) is 3.28. The van der Waals surface area contributed by atoms with Crippen LogP contribution in [0.1, 0.15) is 44.4 Å². The number of ether oxygens (including phenoxy) is 1. The molecule has 2 aliphatic heterocycles. The van der Waals surface area contributed by atoms with Crippen molar-refractivity contribution in [3.63, 3.8) is 0 Å². The molecular weight excluding hydrogens is 304 g/mol. The summed E-state index contributed by atoms with van der Waals surface area (Å²) < 4.78 is 6.40. The Kier molecular flexibility index (Phi) is 3.57. The van der Waals surface area contributed by atoms with Gasteiger partial charge >= 0.3 is 0 Å². The van der Waals surface area contributed by atoms with Crippen LogP contribution in [0.4, 0.5) is 0 Å². The molecule has 2 aliphatic rings. The second kappa shape index (κ2) is 5.03. The molecule has 2 heterocycles. The van der Waals surface area contributed by atoms with Crippen molar-refractivity contribution in [3.8, 4) is 5.75 Å². The van der Waals surface area contributed by atoms with Crippen LogP contribution in [0, 0.1) is 12.8 Å². The first-order valence-corrected chi connectivity index (χ1v) is 8.16. The first-order chi connectivity index (χ1) is 9.80. The molecule has 21 heavy (non-hydrogen) atoms. The van der Waals surface area contributed by atoms with Crippen molar-refractivity contribution in [1.29, 1.82) is 0 Å². The fraction of sp³-hybridized carbons (Fsp3) is 0.562. The van der Waals surface area contributed by atoms with Crippen LogP contribution in [-0.4, -0.2) is 22.3 Å². The van der Waals surface area contributed by atoms with Gasteiger partial charge in [0.15, 0.2) is 10.8 Å². The zero-order chi connectivity index (χ0) is 15.4. The highest BCUT2D eigenvalue weighted by Gasteiger charge is 2.47. The summed E-state index contributed by atoms with van der Waals surface area (Å²) in [5.74, 6) is 1.47. The number of thiocarbonyl (C=S) groups is 1. The molecular formula is C16H21ClN2OS. The average Bonchev–Trinajstić information content (AvgIpc) is 2.36. The Labute approximate surface area is 136 Å². The third-order valence-electron chi connectivity index (χ3n) is 4.21. The second-order valence-corrected chi connectivity index (χ2v) is 7.45. The van der Waals surface area contributed by atoms with Crippen molar-refractivity contribution in [1.82, 2.24) is 10.2 Å². The number of nitrogens with zero attached hydrogens (tertiary/aromatic N) is 1. The van der Waals surface area contributed by atoms with Gasteiger partial charge in [-0.25, -0.2) is 0 Å². The summed E-state index contributed by atoms with van der Waals surface area (Å²) >= 11 is 11.8. The van der Waals surface area contributed by atoms with Crippen molar-refractivity contribution in [3.05, 3.63) is 28.3 Å². The van der Waals surface area contributed by atoms with E-state index in [9.17, 15) is 0 Å². The minimum Gasteiger partial charge on any atom is -0.467 e. The van der Waals surface area contributed by atoms with Crippen LogP contribution in [0.5, 0.6) is 5.75 Å². The standard InChI is InChI=1S/C16H21ClN2OS/c1-9(2)8-19-15(21)18-13-7-16(19,4)20-14-10(3)5-11(17)6-12(13)14/h5-6,9,13H,7-8H2,1-4H3,(H,18,21). The molecule has 0 amide bonds. The monoisotopic (exact) mass is 324 g/mol. The zero-order valence-corrected chi connectivity index (χ0v) is 14.4. The summed E-state index contributed by atoms with van der Waals surface area (Å²) in [4.78, 5) is 2.18. The zero-order valence-electron chi connectivity index (χ0n) is 12.9. The molecule has 1 N–H and O–H groups in total. The van der Waals surface area contributed by atoms with E-state index in [4.69, 9.17) is 28.6 Å². The van der Waals surface area contributed by atoms with Crippen LogP contribution in [-0.2, 0) is 0 Å². The van der Waals surface area contributed by atoms with E-state index in [0.29, 0.717) is 5.92 Å². The lowest BCUT2D eigenvalue weighted by molar-refractivity contribution is -0.0725. The number of halogens is 1. The van der Waals surface area contributed by atoms with E-state index in [1.54, 1.807) is 0 Å². The largest absolute Gasteiger partial charge is 0.467 e. The van der Waals surface area contributed by atoms with Crippen LogP contribution >= 0.6 is 23.8 Å². The topological polar surface area (TPSA) is 24.5 Å². The summed E-state index contributed by atoms with van der Waals surface area (Å²) in [6, 6.07) is 4.12. The molecule has 1 fully saturated rings. The van der Waals surface area contributed by atoms with Crippen molar-refractivity contribution in [2.45, 2.75) is 45.9 Å². The lowest BCUT2D eigenvalue weighted by Gasteiger charge is -2.53. The van der Waals surface area contributed by atoms with Gasteiger partial charge in [-0.2, -0.15) is 0 Å². The normalized spacial score (nSPS) is 27.2. The molecule has 0 aromatic heterocycles. The molecule has 5 heteroatoms. The molecule has 0 aliphatic carbocycles. The maximum atomic E-state index is 6.40. The van der Waals surface area contributed by atoms with Crippen LogP contribution in [0.25, 0.3) is 0 Å². The van der Waals surface area contributed by atoms with Crippen molar-refractivity contribution in [2.24, 2.45) is 5.92 Å². The smallest absolute Gasteiger partial charge is 0.184 e. The lowest BCUT2D eigenvalue weighted by atomic mass is 9.89.